The van der Waals surface area contributed by atoms with Crippen LogP contribution in [0.15, 0.2) is 9.98 Å². The van der Waals surface area contributed by atoms with Crippen molar-refractivity contribution >= 4 is 12.2 Å². The van der Waals surface area contributed by atoms with Crippen LogP contribution in [-0.2, 0) is 0 Å². The summed E-state index contributed by atoms with van der Waals surface area (Å²) in [6.45, 7) is 8.65. The number of nitrogens with zero attached hydrogens (tertiary/aromatic N) is 2. The largest absolute Gasteiger partial charge is 0.368 e. The second-order valence-corrected chi connectivity index (χ2v) is 4.40. The third-order valence-corrected chi connectivity index (χ3v) is 2.22. The quantitative estimate of drug-likeness (QED) is 0.583. The first-order valence-corrected chi connectivity index (χ1v) is 4.28. The highest BCUT2D eigenvalue weighted by atomic mass is 15.1. The van der Waals surface area contributed by atoms with Crippen LogP contribution in [0.4, 0.5) is 0 Å². The van der Waals surface area contributed by atoms with Gasteiger partial charge >= 0.3 is 0 Å². The van der Waals surface area contributed by atoms with Crippen molar-refractivity contribution in [1.29, 1.82) is 0 Å². The van der Waals surface area contributed by atoms with E-state index in [0.717, 1.165) is 0 Å². The molecule has 0 aliphatic carbocycles. The fourth-order valence-corrected chi connectivity index (χ4v) is 1.55. The van der Waals surface area contributed by atoms with E-state index in [2.05, 4.69) is 37.7 Å². The Labute approximate surface area is 73.8 Å². The van der Waals surface area contributed by atoms with Gasteiger partial charge in [0.05, 0.1) is 6.04 Å². The van der Waals surface area contributed by atoms with E-state index in [9.17, 15) is 0 Å². The van der Waals surface area contributed by atoms with Crippen molar-refractivity contribution in [2.75, 3.05) is 0 Å². The molecule has 12 heavy (non-hydrogen) atoms. The van der Waals surface area contributed by atoms with Crippen LogP contribution in [0.1, 0.15) is 27.7 Å². The highest BCUT2D eigenvalue weighted by Gasteiger charge is 2.29. The molecule has 1 aliphatic rings. The Hall–Kier alpha value is -0.860. The minimum atomic E-state index is 0.215. The average Bonchev–Trinajstić information content (AvgIpc) is 1.83. The van der Waals surface area contributed by atoms with Gasteiger partial charge in [-0.1, -0.05) is 20.8 Å². The molecule has 0 radical (unpaired) electrons. The van der Waals surface area contributed by atoms with Crippen LogP contribution in [0, 0.1) is 11.3 Å². The molecule has 2 atom stereocenters. The van der Waals surface area contributed by atoms with Crippen molar-refractivity contribution in [1.82, 2.24) is 0 Å². The van der Waals surface area contributed by atoms with E-state index in [0.29, 0.717) is 11.9 Å². The van der Waals surface area contributed by atoms with Crippen molar-refractivity contribution in [3.8, 4) is 0 Å². The molecular weight excluding hydrogens is 150 g/mol. The van der Waals surface area contributed by atoms with E-state index in [4.69, 9.17) is 5.73 Å². The van der Waals surface area contributed by atoms with Gasteiger partial charge in [-0.2, -0.15) is 0 Å². The molecule has 0 saturated heterocycles. The minimum absolute atomic E-state index is 0.215. The van der Waals surface area contributed by atoms with Gasteiger partial charge in [-0.25, -0.2) is 9.98 Å². The Morgan fingerprint density at radius 3 is 2.42 bits per heavy atom. The van der Waals surface area contributed by atoms with Crippen LogP contribution >= 0.6 is 0 Å². The molecule has 1 aliphatic heterocycles. The normalized spacial score (nSPS) is 30.2. The lowest BCUT2D eigenvalue weighted by atomic mass is 9.77. The van der Waals surface area contributed by atoms with E-state index >= 15 is 0 Å². The fraction of sp³-hybridized carbons (Fsp3) is 0.778. The molecule has 3 heteroatoms. The first kappa shape index (κ1) is 9.23. The van der Waals surface area contributed by atoms with Crippen LogP contribution in [0.5, 0.6) is 0 Å². The Kier molecular flexibility index (Phi) is 2.22. The maximum Gasteiger partial charge on any atom is 0.215 e. The molecule has 0 amide bonds. The predicted octanol–water partition coefficient (Wildman–Crippen LogP) is 1.44. The zero-order valence-corrected chi connectivity index (χ0v) is 8.20. The van der Waals surface area contributed by atoms with E-state index in [1.807, 2.05) is 6.21 Å². The molecule has 0 aromatic rings. The van der Waals surface area contributed by atoms with E-state index in [1.54, 1.807) is 0 Å². The lowest BCUT2D eigenvalue weighted by molar-refractivity contribution is 0.284. The summed E-state index contributed by atoms with van der Waals surface area (Å²) >= 11 is 0. The highest BCUT2D eigenvalue weighted by Crippen LogP contribution is 2.29. The lowest BCUT2D eigenvalue weighted by Crippen LogP contribution is -2.35. The number of guanidine groups is 1. The summed E-state index contributed by atoms with van der Waals surface area (Å²) in [7, 11) is 0. The number of hydrogen-bond donors (Lipinski definition) is 1. The van der Waals surface area contributed by atoms with Gasteiger partial charge < -0.3 is 5.73 Å². The molecule has 2 unspecified atom stereocenters. The van der Waals surface area contributed by atoms with Crippen molar-refractivity contribution < 1.29 is 0 Å². The molecular formula is C9H17N3. The molecule has 1 heterocycles. The summed E-state index contributed by atoms with van der Waals surface area (Å²) < 4.78 is 0. The first-order chi connectivity index (χ1) is 5.41. The summed E-state index contributed by atoms with van der Waals surface area (Å²) in [5.41, 5.74) is 5.70. The molecule has 1 rings (SSSR count). The molecule has 0 fully saturated rings. The maximum absolute atomic E-state index is 5.48. The van der Waals surface area contributed by atoms with Gasteiger partial charge in [0.2, 0.25) is 5.96 Å². The van der Waals surface area contributed by atoms with Gasteiger partial charge in [-0.3, -0.25) is 0 Å². The Morgan fingerprint density at radius 1 is 1.42 bits per heavy atom. The van der Waals surface area contributed by atoms with E-state index < -0.39 is 0 Å². The number of rotatable bonds is 0. The highest BCUT2D eigenvalue weighted by molar-refractivity contribution is 5.89. The van der Waals surface area contributed by atoms with Crippen LogP contribution in [-0.4, -0.2) is 18.2 Å². The zero-order chi connectivity index (χ0) is 9.35. The smallest absolute Gasteiger partial charge is 0.215 e. The van der Waals surface area contributed by atoms with Gasteiger partial charge in [0.15, 0.2) is 0 Å². The van der Waals surface area contributed by atoms with Gasteiger partial charge in [0, 0.05) is 12.1 Å². The van der Waals surface area contributed by atoms with Crippen molar-refractivity contribution in [3.63, 3.8) is 0 Å². The standard InChI is InChI=1S/C9H17N3/c1-6-7(9(2,3)4)5-11-8(10)12-6/h5-7H,1-4H3,(H2,10,12). The third kappa shape index (κ3) is 1.84. The Morgan fingerprint density at radius 2 is 2.00 bits per heavy atom. The first-order valence-electron chi connectivity index (χ1n) is 4.28. The maximum atomic E-state index is 5.48. The van der Waals surface area contributed by atoms with Gasteiger partial charge in [0.1, 0.15) is 0 Å². The van der Waals surface area contributed by atoms with E-state index in [1.165, 1.54) is 0 Å². The molecule has 2 N–H and O–H groups in total. The SMILES string of the molecule is CC1N=C(N)N=CC1C(C)(C)C. The van der Waals surface area contributed by atoms with Gasteiger partial charge in [-0.15, -0.1) is 0 Å². The van der Waals surface area contributed by atoms with Crippen molar-refractivity contribution in [3.05, 3.63) is 0 Å². The number of nitrogens with two attached hydrogens (primary N) is 1. The zero-order valence-electron chi connectivity index (χ0n) is 8.20. The van der Waals surface area contributed by atoms with Crippen LogP contribution in [0.2, 0.25) is 0 Å². The summed E-state index contributed by atoms with van der Waals surface area (Å²) in [4.78, 5) is 8.26. The van der Waals surface area contributed by atoms with Crippen LogP contribution in [0.25, 0.3) is 0 Å². The lowest BCUT2D eigenvalue weighted by Gasteiger charge is -2.32. The second kappa shape index (κ2) is 2.88. The molecule has 68 valence electrons. The average molecular weight is 167 g/mol. The summed E-state index contributed by atoms with van der Waals surface area (Å²) in [5.74, 6) is 0.799. The Balaban J connectivity index is 2.80. The Bertz CT molecular complexity index is 222. The molecule has 0 aromatic carbocycles. The third-order valence-electron chi connectivity index (χ3n) is 2.22. The summed E-state index contributed by atoms with van der Waals surface area (Å²) in [6, 6.07) is 0.252. The monoisotopic (exact) mass is 167 g/mol. The van der Waals surface area contributed by atoms with E-state index in [-0.39, 0.29) is 11.5 Å². The fourth-order valence-electron chi connectivity index (χ4n) is 1.55. The van der Waals surface area contributed by atoms with Crippen LogP contribution in [0.3, 0.4) is 0 Å². The van der Waals surface area contributed by atoms with Crippen molar-refractivity contribution in [2.45, 2.75) is 33.7 Å². The topological polar surface area (TPSA) is 50.7 Å². The second-order valence-electron chi connectivity index (χ2n) is 4.40. The van der Waals surface area contributed by atoms with Gasteiger partial charge in [0.25, 0.3) is 0 Å². The summed E-state index contributed by atoms with van der Waals surface area (Å²) in [6.07, 6.45) is 1.92. The number of aliphatic imine (C=N–C) groups is 2. The molecule has 0 bridgehead atoms. The number of hydrogen-bond acceptors (Lipinski definition) is 3. The summed E-state index contributed by atoms with van der Waals surface area (Å²) in [5, 5.41) is 0. The van der Waals surface area contributed by atoms with Crippen molar-refractivity contribution in [2.24, 2.45) is 27.1 Å². The molecule has 0 aromatic heterocycles. The minimum Gasteiger partial charge on any atom is -0.368 e. The predicted molar refractivity (Wildman–Crippen MR) is 52.5 cm³/mol. The molecule has 3 nitrogen and oxygen atoms in total. The van der Waals surface area contributed by atoms with Crippen LogP contribution < -0.4 is 5.73 Å². The molecule has 0 saturated carbocycles. The molecule has 0 spiro atoms. The van der Waals surface area contributed by atoms with Gasteiger partial charge in [-0.05, 0) is 12.3 Å².